The normalized spacial score (nSPS) is 19.6. The molecule has 0 saturated heterocycles. The summed E-state index contributed by atoms with van der Waals surface area (Å²) >= 11 is 0. The van der Waals surface area contributed by atoms with Gasteiger partial charge in [0.1, 0.15) is 11.6 Å². The summed E-state index contributed by atoms with van der Waals surface area (Å²) < 4.78 is 7.72. The van der Waals surface area contributed by atoms with Gasteiger partial charge >= 0.3 is 0 Å². The Morgan fingerprint density at radius 2 is 2.32 bits per heavy atom. The molecule has 1 aliphatic heterocycles. The number of para-hydroxylation sites is 1. The van der Waals surface area contributed by atoms with Crippen LogP contribution in [0.5, 0.6) is 5.75 Å². The van der Waals surface area contributed by atoms with E-state index in [4.69, 9.17) is 10.5 Å². The second-order valence-electron chi connectivity index (χ2n) is 5.10. The fourth-order valence-electron chi connectivity index (χ4n) is 2.76. The summed E-state index contributed by atoms with van der Waals surface area (Å²) in [5.41, 5.74) is 7.65. The molecule has 2 aromatic rings. The highest BCUT2D eigenvalue weighted by atomic mass is 16.5. The summed E-state index contributed by atoms with van der Waals surface area (Å²) in [4.78, 5) is 4.36. The van der Waals surface area contributed by atoms with Crippen LogP contribution in [0, 0.1) is 0 Å². The second kappa shape index (κ2) is 5.05. The van der Waals surface area contributed by atoms with Crippen LogP contribution in [0.4, 0.5) is 0 Å². The number of rotatable bonds is 3. The summed E-state index contributed by atoms with van der Waals surface area (Å²) in [6, 6.07) is 8.28. The van der Waals surface area contributed by atoms with Crippen molar-refractivity contribution >= 4 is 0 Å². The molecule has 19 heavy (non-hydrogen) atoms. The van der Waals surface area contributed by atoms with Crippen molar-refractivity contribution in [2.75, 3.05) is 6.61 Å². The maximum Gasteiger partial charge on any atom is 0.122 e. The van der Waals surface area contributed by atoms with Gasteiger partial charge in [-0.05, 0) is 18.1 Å². The monoisotopic (exact) mass is 257 g/mol. The number of aromatic nitrogens is 2. The lowest BCUT2D eigenvalue weighted by Crippen LogP contribution is -2.34. The van der Waals surface area contributed by atoms with Gasteiger partial charge in [0.15, 0.2) is 0 Å². The molecule has 4 nitrogen and oxygen atoms in total. The Morgan fingerprint density at radius 1 is 1.47 bits per heavy atom. The summed E-state index contributed by atoms with van der Waals surface area (Å²) in [6.07, 6.45) is 5.55. The first-order valence-electron chi connectivity index (χ1n) is 6.69. The predicted octanol–water partition coefficient (Wildman–Crippen LogP) is 1.86. The molecule has 2 unspecified atom stereocenters. The number of fused-ring (bicyclic) bond motifs is 1. The van der Waals surface area contributed by atoms with Crippen LogP contribution in [-0.2, 0) is 13.5 Å². The van der Waals surface area contributed by atoms with Gasteiger partial charge < -0.3 is 15.0 Å². The van der Waals surface area contributed by atoms with Crippen molar-refractivity contribution in [2.24, 2.45) is 12.8 Å². The van der Waals surface area contributed by atoms with Crippen molar-refractivity contribution in [1.29, 1.82) is 0 Å². The van der Waals surface area contributed by atoms with E-state index in [1.165, 1.54) is 5.56 Å². The molecule has 0 radical (unpaired) electrons. The van der Waals surface area contributed by atoms with Crippen LogP contribution in [0.15, 0.2) is 36.7 Å². The molecule has 2 N–H and O–H groups in total. The zero-order valence-corrected chi connectivity index (χ0v) is 11.1. The first-order valence-corrected chi connectivity index (χ1v) is 6.69. The fraction of sp³-hybridized carbons (Fsp3) is 0.400. The summed E-state index contributed by atoms with van der Waals surface area (Å²) in [6.45, 7) is 0.746. The molecule has 0 bridgehead atoms. The van der Waals surface area contributed by atoms with Crippen molar-refractivity contribution in [2.45, 2.75) is 24.8 Å². The van der Waals surface area contributed by atoms with Gasteiger partial charge in [0.05, 0.1) is 6.61 Å². The Kier molecular flexibility index (Phi) is 3.25. The zero-order chi connectivity index (χ0) is 13.2. The van der Waals surface area contributed by atoms with E-state index in [2.05, 4.69) is 11.1 Å². The molecule has 100 valence electrons. The van der Waals surface area contributed by atoms with Crippen LogP contribution in [0.25, 0.3) is 0 Å². The summed E-state index contributed by atoms with van der Waals surface area (Å²) in [5.74, 6) is 2.37. The lowest BCUT2D eigenvalue weighted by atomic mass is 9.85. The van der Waals surface area contributed by atoms with E-state index in [0.717, 1.165) is 31.0 Å². The number of aryl methyl sites for hydroxylation is 1. The van der Waals surface area contributed by atoms with Gasteiger partial charge in [-0.1, -0.05) is 18.2 Å². The van der Waals surface area contributed by atoms with Crippen LogP contribution < -0.4 is 10.5 Å². The van der Waals surface area contributed by atoms with Gasteiger partial charge in [0.2, 0.25) is 0 Å². The van der Waals surface area contributed by atoms with Crippen LogP contribution in [0.2, 0.25) is 0 Å². The van der Waals surface area contributed by atoms with Gasteiger partial charge in [-0.15, -0.1) is 0 Å². The van der Waals surface area contributed by atoms with E-state index in [-0.39, 0.29) is 6.04 Å². The van der Waals surface area contributed by atoms with Crippen molar-refractivity contribution in [3.63, 3.8) is 0 Å². The number of ether oxygens (including phenoxy) is 1. The molecule has 0 fully saturated rings. The van der Waals surface area contributed by atoms with Crippen LogP contribution in [0.3, 0.4) is 0 Å². The van der Waals surface area contributed by atoms with Crippen molar-refractivity contribution in [3.05, 3.63) is 48.0 Å². The molecule has 1 aliphatic rings. The number of hydrogen-bond donors (Lipinski definition) is 1. The Balaban J connectivity index is 1.81. The highest BCUT2D eigenvalue weighted by Gasteiger charge is 2.27. The van der Waals surface area contributed by atoms with Crippen LogP contribution >= 0.6 is 0 Å². The molecule has 3 rings (SSSR count). The summed E-state index contributed by atoms with van der Waals surface area (Å²) in [5, 5.41) is 0. The molecule has 0 saturated carbocycles. The number of imidazole rings is 1. The minimum Gasteiger partial charge on any atom is -0.493 e. The number of hydrogen-bond acceptors (Lipinski definition) is 3. The van der Waals surface area contributed by atoms with E-state index in [9.17, 15) is 0 Å². The van der Waals surface area contributed by atoms with Gasteiger partial charge in [0.25, 0.3) is 0 Å². The van der Waals surface area contributed by atoms with Crippen LogP contribution in [-0.4, -0.2) is 22.2 Å². The van der Waals surface area contributed by atoms with Gasteiger partial charge in [-0.25, -0.2) is 4.98 Å². The third-order valence-electron chi connectivity index (χ3n) is 3.86. The molecule has 0 aliphatic carbocycles. The fourth-order valence-corrected chi connectivity index (χ4v) is 2.76. The number of benzene rings is 1. The third kappa shape index (κ3) is 2.36. The van der Waals surface area contributed by atoms with Crippen LogP contribution in [0.1, 0.15) is 23.7 Å². The Morgan fingerprint density at radius 3 is 3.11 bits per heavy atom. The molecule has 1 aromatic heterocycles. The lowest BCUT2D eigenvalue weighted by molar-refractivity contribution is 0.254. The first kappa shape index (κ1) is 12.2. The largest absolute Gasteiger partial charge is 0.493 e. The average molecular weight is 257 g/mol. The Labute approximate surface area is 113 Å². The Bertz CT molecular complexity index is 564. The molecular weight excluding hydrogens is 238 g/mol. The molecular formula is C15H19N3O. The molecule has 0 spiro atoms. The third-order valence-corrected chi connectivity index (χ3v) is 3.86. The second-order valence-corrected chi connectivity index (χ2v) is 5.10. The highest BCUT2D eigenvalue weighted by Crippen LogP contribution is 2.35. The van der Waals surface area contributed by atoms with E-state index in [0.29, 0.717) is 5.92 Å². The molecule has 1 aromatic carbocycles. The van der Waals surface area contributed by atoms with E-state index in [1.54, 1.807) is 0 Å². The first-order chi connectivity index (χ1) is 9.25. The molecule has 2 atom stereocenters. The molecule has 2 heterocycles. The highest BCUT2D eigenvalue weighted by molar-refractivity contribution is 5.38. The average Bonchev–Trinajstić information content (AvgIpc) is 2.83. The van der Waals surface area contributed by atoms with E-state index in [1.807, 2.05) is 42.2 Å². The molecule has 4 heteroatoms. The van der Waals surface area contributed by atoms with Gasteiger partial charge in [-0.2, -0.15) is 0 Å². The minimum absolute atomic E-state index is 0.0751. The SMILES string of the molecule is Cn1ccnc1CC(N)C1CCOc2ccccc21. The van der Waals surface area contributed by atoms with E-state index < -0.39 is 0 Å². The van der Waals surface area contributed by atoms with E-state index >= 15 is 0 Å². The number of nitrogens with two attached hydrogens (primary N) is 1. The lowest BCUT2D eigenvalue weighted by Gasteiger charge is -2.30. The Hall–Kier alpha value is -1.81. The smallest absolute Gasteiger partial charge is 0.122 e. The maximum absolute atomic E-state index is 6.41. The molecule has 0 amide bonds. The van der Waals surface area contributed by atoms with Crippen molar-refractivity contribution in [3.8, 4) is 5.75 Å². The summed E-state index contributed by atoms with van der Waals surface area (Å²) in [7, 11) is 2.01. The standard InChI is InChI=1S/C15H19N3O/c1-18-8-7-17-15(18)10-13(16)11-6-9-19-14-5-3-2-4-12(11)14/h2-5,7-8,11,13H,6,9-10,16H2,1H3. The van der Waals surface area contributed by atoms with Crippen molar-refractivity contribution in [1.82, 2.24) is 9.55 Å². The quantitative estimate of drug-likeness (QED) is 0.913. The maximum atomic E-state index is 6.41. The van der Waals surface area contributed by atoms with Gasteiger partial charge in [-0.3, -0.25) is 0 Å². The zero-order valence-electron chi connectivity index (χ0n) is 11.1. The minimum atomic E-state index is 0.0751. The predicted molar refractivity (Wildman–Crippen MR) is 74.2 cm³/mol. The van der Waals surface area contributed by atoms with Gasteiger partial charge in [0, 0.05) is 37.8 Å². The topological polar surface area (TPSA) is 53.1 Å². The van der Waals surface area contributed by atoms with Crippen molar-refractivity contribution < 1.29 is 4.74 Å². The number of nitrogens with zero attached hydrogens (tertiary/aromatic N) is 2.